The van der Waals surface area contributed by atoms with Crippen LogP contribution in [0.2, 0.25) is 0 Å². The van der Waals surface area contributed by atoms with E-state index in [0.717, 1.165) is 33.6 Å². The van der Waals surface area contributed by atoms with E-state index in [9.17, 15) is 14.4 Å². The minimum atomic E-state index is -0.819. The third-order valence-electron chi connectivity index (χ3n) is 6.67. The van der Waals surface area contributed by atoms with Crippen LogP contribution in [-0.2, 0) is 9.53 Å². The fraction of sp³-hybridized carbons (Fsp3) is 0.308. The zero-order valence-corrected chi connectivity index (χ0v) is 20.0. The SMILES string of the molecule is Cc1nc(NC(=O)OCC2c3ccccc3-c3ccccc32)sc1C(=O)N1CCC(C(=O)O)CC1. The van der Waals surface area contributed by atoms with Crippen LogP contribution in [0.1, 0.15) is 45.3 Å². The number of hydrogen-bond donors (Lipinski definition) is 2. The van der Waals surface area contributed by atoms with Gasteiger partial charge in [-0.15, -0.1) is 0 Å². The Labute approximate surface area is 206 Å². The van der Waals surface area contributed by atoms with Gasteiger partial charge in [-0.3, -0.25) is 14.9 Å². The second kappa shape index (κ2) is 9.50. The smallest absolute Gasteiger partial charge is 0.413 e. The van der Waals surface area contributed by atoms with E-state index in [1.165, 1.54) is 0 Å². The molecule has 0 saturated carbocycles. The largest absolute Gasteiger partial charge is 0.481 e. The van der Waals surface area contributed by atoms with Crippen molar-refractivity contribution in [2.24, 2.45) is 5.92 Å². The number of anilines is 1. The highest BCUT2D eigenvalue weighted by molar-refractivity contribution is 7.17. The van der Waals surface area contributed by atoms with E-state index in [1.54, 1.807) is 11.8 Å². The Kier molecular flexibility index (Phi) is 6.25. The molecule has 5 rings (SSSR count). The monoisotopic (exact) mass is 491 g/mol. The van der Waals surface area contributed by atoms with Gasteiger partial charge in [-0.25, -0.2) is 9.78 Å². The molecular formula is C26H25N3O5S. The predicted molar refractivity (Wildman–Crippen MR) is 132 cm³/mol. The highest BCUT2D eigenvalue weighted by Gasteiger charge is 2.31. The van der Waals surface area contributed by atoms with Gasteiger partial charge in [-0.05, 0) is 42.0 Å². The molecule has 2 heterocycles. The number of carboxylic acid groups (broad SMARTS) is 1. The molecule has 0 spiro atoms. The van der Waals surface area contributed by atoms with E-state index in [1.807, 2.05) is 24.3 Å². The summed E-state index contributed by atoms with van der Waals surface area (Å²) in [5.41, 5.74) is 5.10. The van der Waals surface area contributed by atoms with Crippen LogP contribution in [-0.4, -0.2) is 52.7 Å². The Morgan fingerprint density at radius 3 is 2.26 bits per heavy atom. The summed E-state index contributed by atoms with van der Waals surface area (Å²) < 4.78 is 5.57. The van der Waals surface area contributed by atoms with Gasteiger partial charge in [0.05, 0.1) is 11.6 Å². The van der Waals surface area contributed by atoms with Crippen LogP contribution in [0.4, 0.5) is 9.93 Å². The lowest BCUT2D eigenvalue weighted by Gasteiger charge is -2.29. The van der Waals surface area contributed by atoms with Gasteiger partial charge < -0.3 is 14.7 Å². The number of hydrogen-bond acceptors (Lipinski definition) is 6. The minimum absolute atomic E-state index is 0.0444. The minimum Gasteiger partial charge on any atom is -0.481 e. The molecule has 0 unspecified atom stereocenters. The number of carbonyl (C=O) groups is 3. The summed E-state index contributed by atoms with van der Waals surface area (Å²) in [4.78, 5) is 43.1. The van der Waals surface area contributed by atoms with Crippen LogP contribution in [0.5, 0.6) is 0 Å². The zero-order valence-electron chi connectivity index (χ0n) is 19.2. The number of aliphatic carboxylic acids is 1. The molecule has 9 heteroatoms. The van der Waals surface area contributed by atoms with E-state index in [4.69, 9.17) is 9.84 Å². The third kappa shape index (κ3) is 4.51. The molecule has 1 aliphatic carbocycles. The van der Waals surface area contributed by atoms with Gasteiger partial charge in [0, 0.05) is 19.0 Å². The van der Waals surface area contributed by atoms with Crippen LogP contribution in [0, 0.1) is 12.8 Å². The summed E-state index contributed by atoms with van der Waals surface area (Å²) in [6.07, 6.45) is 0.245. The summed E-state index contributed by atoms with van der Waals surface area (Å²) in [6, 6.07) is 16.3. The van der Waals surface area contributed by atoms with Gasteiger partial charge in [0.25, 0.3) is 5.91 Å². The number of aromatic nitrogens is 1. The number of likely N-dealkylation sites (tertiary alicyclic amines) is 1. The molecular weight excluding hydrogens is 466 g/mol. The third-order valence-corrected chi connectivity index (χ3v) is 7.74. The first kappa shape index (κ1) is 23.0. The lowest BCUT2D eigenvalue weighted by molar-refractivity contribution is -0.143. The number of benzene rings is 2. The van der Waals surface area contributed by atoms with Gasteiger partial charge in [0.15, 0.2) is 5.13 Å². The molecule has 2 amide bonds. The lowest BCUT2D eigenvalue weighted by Crippen LogP contribution is -2.40. The standard InChI is InChI=1S/C26H25N3O5S/c1-15-22(23(30)29-12-10-16(11-13-29)24(31)32)35-25(27-15)28-26(33)34-14-21-19-8-4-2-6-17(19)18-7-3-5-9-20(18)21/h2-9,16,21H,10-14H2,1H3,(H,31,32)(H,27,28,33). The molecule has 8 nitrogen and oxygen atoms in total. The number of carboxylic acids is 1. The molecule has 3 aromatic rings. The van der Waals surface area contributed by atoms with E-state index in [2.05, 4.69) is 34.6 Å². The summed E-state index contributed by atoms with van der Waals surface area (Å²) in [7, 11) is 0. The predicted octanol–water partition coefficient (Wildman–Crippen LogP) is 4.75. The number of amides is 2. The fourth-order valence-corrected chi connectivity index (χ4v) is 5.76. The fourth-order valence-electron chi connectivity index (χ4n) is 4.84. The molecule has 2 aliphatic rings. The van der Waals surface area contributed by atoms with E-state index in [0.29, 0.717) is 41.6 Å². The summed E-state index contributed by atoms with van der Waals surface area (Å²) >= 11 is 1.10. The van der Waals surface area contributed by atoms with Gasteiger partial charge in [-0.1, -0.05) is 59.9 Å². The van der Waals surface area contributed by atoms with Crippen molar-refractivity contribution in [3.63, 3.8) is 0 Å². The molecule has 2 N–H and O–H groups in total. The number of piperidine rings is 1. The van der Waals surface area contributed by atoms with Crippen molar-refractivity contribution < 1.29 is 24.2 Å². The number of carbonyl (C=O) groups excluding carboxylic acids is 2. The Bertz CT molecular complexity index is 1250. The molecule has 180 valence electrons. The molecule has 0 atom stereocenters. The normalized spacial score (nSPS) is 15.4. The van der Waals surface area contributed by atoms with Crippen molar-refractivity contribution in [2.75, 3.05) is 25.0 Å². The number of ether oxygens (including phenoxy) is 1. The number of thiazole rings is 1. The first-order valence-corrected chi connectivity index (χ1v) is 12.4. The number of fused-ring (bicyclic) bond motifs is 3. The Morgan fingerprint density at radius 1 is 1.06 bits per heavy atom. The van der Waals surface area contributed by atoms with Crippen LogP contribution < -0.4 is 5.32 Å². The van der Waals surface area contributed by atoms with Gasteiger partial charge in [0.2, 0.25) is 0 Å². The second-order valence-electron chi connectivity index (χ2n) is 8.79. The number of rotatable bonds is 5. The van der Waals surface area contributed by atoms with Crippen molar-refractivity contribution >= 4 is 34.4 Å². The van der Waals surface area contributed by atoms with Crippen molar-refractivity contribution in [1.29, 1.82) is 0 Å². The van der Waals surface area contributed by atoms with Crippen LogP contribution in [0.15, 0.2) is 48.5 Å². The maximum Gasteiger partial charge on any atom is 0.413 e. The van der Waals surface area contributed by atoms with Gasteiger partial charge in [0.1, 0.15) is 11.5 Å². The summed E-state index contributed by atoms with van der Waals surface area (Å²) in [5, 5.41) is 12.1. The van der Waals surface area contributed by atoms with Crippen molar-refractivity contribution in [1.82, 2.24) is 9.88 Å². The molecule has 2 aromatic carbocycles. The summed E-state index contributed by atoms with van der Waals surface area (Å²) in [5.74, 6) is -1.46. The van der Waals surface area contributed by atoms with Gasteiger partial charge in [-0.2, -0.15) is 0 Å². The first-order chi connectivity index (χ1) is 16.9. The molecule has 35 heavy (non-hydrogen) atoms. The Morgan fingerprint density at radius 2 is 1.66 bits per heavy atom. The van der Waals surface area contributed by atoms with Crippen LogP contribution >= 0.6 is 11.3 Å². The molecule has 1 fully saturated rings. The topological polar surface area (TPSA) is 109 Å². The molecule has 1 saturated heterocycles. The average molecular weight is 492 g/mol. The molecule has 0 radical (unpaired) electrons. The molecule has 1 aromatic heterocycles. The van der Waals surface area contributed by atoms with Crippen molar-refractivity contribution in [3.05, 3.63) is 70.2 Å². The molecule has 0 bridgehead atoms. The quantitative estimate of drug-likeness (QED) is 0.533. The highest BCUT2D eigenvalue weighted by Crippen LogP contribution is 2.44. The van der Waals surface area contributed by atoms with Crippen LogP contribution in [0.3, 0.4) is 0 Å². The maximum atomic E-state index is 12.9. The zero-order chi connectivity index (χ0) is 24.5. The number of nitrogens with one attached hydrogen (secondary N) is 1. The first-order valence-electron chi connectivity index (χ1n) is 11.5. The van der Waals surface area contributed by atoms with Crippen molar-refractivity contribution in [3.8, 4) is 11.1 Å². The van der Waals surface area contributed by atoms with Gasteiger partial charge >= 0.3 is 12.1 Å². The second-order valence-corrected chi connectivity index (χ2v) is 9.79. The lowest BCUT2D eigenvalue weighted by atomic mass is 9.97. The summed E-state index contributed by atoms with van der Waals surface area (Å²) in [6.45, 7) is 2.69. The van der Waals surface area contributed by atoms with E-state index >= 15 is 0 Å². The highest BCUT2D eigenvalue weighted by atomic mass is 32.1. The number of nitrogens with zero attached hydrogens (tertiary/aromatic N) is 2. The van der Waals surface area contributed by atoms with E-state index in [-0.39, 0.29) is 18.4 Å². The number of aryl methyl sites for hydroxylation is 1. The maximum absolute atomic E-state index is 12.9. The average Bonchev–Trinajstić information content (AvgIpc) is 3.39. The van der Waals surface area contributed by atoms with E-state index < -0.39 is 18.0 Å². The van der Waals surface area contributed by atoms with Crippen molar-refractivity contribution in [2.45, 2.75) is 25.7 Å². The Hall–Kier alpha value is -3.72. The van der Waals surface area contributed by atoms with Crippen LogP contribution in [0.25, 0.3) is 11.1 Å². The molecule has 1 aliphatic heterocycles. The Balaban J connectivity index is 1.21.